The van der Waals surface area contributed by atoms with Crippen molar-refractivity contribution in [3.8, 4) is 0 Å². The molecule has 0 aliphatic carbocycles. The minimum atomic E-state index is -4.36. The summed E-state index contributed by atoms with van der Waals surface area (Å²) >= 11 is 0. The highest BCUT2D eigenvalue weighted by Crippen LogP contribution is 2.30. The molecule has 1 unspecified atom stereocenters. The monoisotopic (exact) mass is 299 g/mol. The maximum Gasteiger partial charge on any atom is 0.434 e. The smallest absolute Gasteiger partial charge is 0.334 e. The van der Waals surface area contributed by atoms with E-state index in [4.69, 9.17) is 0 Å². The summed E-state index contributed by atoms with van der Waals surface area (Å²) in [7, 11) is 0. The molecule has 1 atom stereocenters. The Morgan fingerprint density at radius 1 is 1.43 bits per heavy atom. The molecule has 1 aliphatic heterocycles. The van der Waals surface area contributed by atoms with Crippen LogP contribution in [0.15, 0.2) is 18.5 Å². The first-order chi connectivity index (χ1) is 10.0. The maximum atomic E-state index is 12.6. The average Bonchev–Trinajstić information content (AvgIpc) is 3.05. The first-order valence-corrected chi connectivity index (χ1v) is 6.84. The lowest BCUT2D eigenvalue weighted by Gasteiger charge is -2.23. The highest BCUT2D eigenvalue weighted by Gasteiger charge is 2.35. The van der Waals surface area contributed by atoms with Crippen LogP contribution in [0, 0.1) is 5.92 Å². The lowest BCUT2D eigenvalue weighted by atomic mass is 9.99. The number of hydrogen-bond acceptors (Lipinski definition) is 3. The number of aryl methyl sites for hydroxylation is 1. The molecule has 0 saturated heterocycles. The second kappa shape index (κ2) is 5.51. The normalized spacial score (nSPS) is 18.7. The summed E-state index contributed by atoms with van der Waals surface area (Å²) < 4.78 is 39.5. The van der Waals surface area contributed by atoms with Crippen molar-refractivity contribution in [3.63, 3.8) is 0 Å². The van der Waals surface area contributed by atoms with Crippen LogP contribution in [0.4, 0.5) is 13.2 Å². The van der Waals surface area contributed by atoms with Crippen LogP contribution in [-0.2, 0) is 25.7 Å². The summed E-state index contributed by atoms with van der Waals surface area (Å²) in [5, 5.41) is 10.0. The van der Waals surface area contributed by atoms with Crippen molar-refractivity contribution in [2.24, 2.45) is 5.92 Å². The summed E-state index contributed by atoms with van der Waals surface area (Å²) in [5.41, 5.74) is 0.206. The van der Waals surface area contributed by atoms with E-state index in [9.17, 15) is 13.2 Å². The van der Waals surface area contributed by atoms with Crippen molar-refractivity contribution in [2.45, 2.75) is 32.1 Å². The summed E-state index contributed by atoms with van der Waals surface area (Å²) in [5.74, 6) is 0.850. The minimum Gasteiger partial charge on any atom is -0.334 e. The van der Waals surface area contributed by atoms with Gasteiger partial charge in [0, 0.05) is 44.1 Å². The van der Waals surface area contributed by atoms with Crippen molar-refractivity contribution in [1.82, 2.24) is 25.1 Å². The van der Waals surface area contributed by atoms with Crippen molar-refractivity contribution in [3.05, 3.63) is 35.7 Å². The molecule has 0 aromatic carbocycles. The van der Waals surface area contributed by atoms with Gasteiger partial charge in [-0.25, -0.2) is 4.98 Å². The van der Waals surface area contributed by atoms with Crippen LogP contribution in [0.5, 0.6) is 0 Å². The average molecular weight is 299 g/mol. The second-order valence-electron chi connectivity index (χ2n) is 5.31. The van der Waals surface area contributed by atoms with Gasteiger partial charge in [-0.3, -0.25) is 5.10 Å². The third kappa shape index (κ3) is 3.26. The molecule has 0 saturated carbocycles. The van der Waals surface area contributed by atoms with Gasteiger partial charge in [-0.05, 0) is 18.4 Å². The molecule has 3 heterocycles. The Kier molecular flexibility index (Phi) is 3.71. The summed E-state index contributed by atoms with van der Waals surface area (Å²) in [6.07, 6.45) is -0.111. The number of nitrogens with one attached hydrogen (secondary N) is 2. The highest BCUT2D eigenvalue weighted by molar-refractivity contribution is 5.10. The quantitative estimate of drug-likeness (QED) is 0.907. The number of alkyl halides is 3. The fraction of sp³-hybridized carbons (Fsp3) is 0.538. The standard InChI is InChI=1S/C13H16F3N5/c14-13(15,16)11-8-21-7-9(1-2-12(21)19-11)5-17-6-10-3-4-18-20-10/h3-4,8-9,17H,1-2,5-7H2,(H,18,20). The van der Waals surface area contributed by atoms with Gasteiger partial charge >= 0.3 is 6.18 Å². The number of halogens is 3. The van der Waals surface area contributed by atoms with Crippen molar-refractivity contribution < 1.29 is 13.2 Å². The molecule has 3 rings (SSSR count). The Hall–Kier alpha value is -1.83. The molecule has 2 aromatic heterocycles. The van der Waals surface area contributed by atoms with Crippen LogP contribution in [0.2, 0.25) is 0 Å². The molecule has 0 amide bonds. The van der Waals surface area contributed by atoms with E-state index in [0.717, 1.165) is 24.9 Å². The molecule has 2 aromatic rings. The molecule has 21 heavy (non-hydrogen) atoms. The molecule has 0 bridgehead atoms. The number of aromatic nitrogens is 4. The molecule has 2 N–H and O–H groups in total. The number of rotatable bonds is 4. The molecular weight excluding hydrogens is 283 g/mol. The molecular formula is C13H16F3N5. The zero-order chi connectivity index (χ0) is 14.9. The van der Waals surface area contributed by atoms with Crippen LogP contribution in [0.3, 0.4) is 0 Å². The van der Waals surface area contributed by atoms with Crippen molar-refractivity contribution >= 4 is 0 Å². The number of aromatic amines is 1. The largest absolute Gasteiger partial charge is 0.434 e. The van der Waals surface area contributed by atoms with E-state index >= 15 is 0 Å². The number of hydrogen-bond donors (Lipinski definition) is 2. The van der Waals surface area contributed by atoms with Crippen LogP contribution in [-0.4, -0.2) is 26.3 Å². The topological polar surface area (TPSA) is 58.5 Å². The van der Waals surface area contributed by atoms with Gasteiger partial charge in [0.05, 0.1) is 0 Å². The summed E-state index contributed by atoms with van der Waals surface area (Å²) in [4.78, 5) is 3.68. The fourth-order valence-corrected chi connectivity index (χ4v) is 2.61. The fourth-order valence-electron chi connectivity index (χ4n) is 2.61. The van der Waals surface area contributed by atoms with E-state index in [1.165, 1.54) is 0 Å². The lowest BCUT2D eigenvalue weighted by Crippen LogP contribution is -2.29. The van der Waals surface area contributed by atoms with Gasteiger partial charge in [-0.15, -0.1) is 0 Å². The summed E-state index contributed by atoms with van der Waals surface area (Å²) in [6.45, 7) is 2.02. The van der Waals surface area contributed by atoms with Gasteiger partial charge in [-0.2, -0.15) is 18.3 Å². The van der Waals surface area contributed by atoms with Gasteiger partial charge in [0.15, 0.2) is 5.69 Å². The Labute approximate surface area is 119 Å². The lowest BCUT2D eigenvalue weighted by molar-refractivity contribution is -0.141. The Bertz CT molecular complexity index is 587. The zero-order valence-electron chi connectivity index (χ0n) is 11.3. The van der Waals surface area contributed by atoms with Crippen LogP contribution in [0.1, 0.15) is 23.6 Å². The van der Waals surface area contributed by atoms with Crippen LogP contribution in [0.25, 0.3) is 0 Å². The SMILES string of the molecule is FC(F)(F)c1cn2c(n1)CCC(CNCc1ccn[nH]1)C2. The predicted octanol–water partition coefficient (Wildman–Crippen LogP) is 1.98. The first-order valence-electron chi connectivity index (χ1n) is 6.84. The van der Waals surface area contributed by atoms with E-state index in [1.54, 1.807) is 10.8 Å². The second-order valence-corrected chi connectivity index (χ2v) is 5.31. The van der Waals surface area contributed by atoms with E-state index in [0.29, 0.717) is 31.3 Å². The van der Waals surface area contributed by atoms with Crippen molar-refractivity contribution in [2.75, 3.05) is 6.54 Å². The van der Waals surface area contributed by atoms with Crippen molar-refractivity contribution in [1.29, 1.82) is 0 Å². The molecule has 0 spiro atoms. The van der Waals surface area contributed by atoms with E-state index in [2.05, 4.69) is 20.5 Å². The number of imidazole rings is 1. The Morgan fingerprint density at radius 3 is 3.00 bits per heavy atom. The third-order valence-electron chi connectivity index (χ3n) is 3.69. The number of nitrogens with zero attached hydrogens (tertiary/aromatic N) is 3. The summed E-state index contributed by atoms with van der Waals surface area (Å²) in [6, 6.07) is 1.89. The maximum absolute atomic E-state index is 12.6. The molecule has 0 radical (unpaired) electrons. The van der Waals surface area contributed by atoms with Gasteiger partial charge in [0.25, 0.3) is 0 Å². The number of fused-ring (bicyclic) bond motifs is 1. The molecule has 0 fully saturated rings. The zero-order valence-corrected chi connectivity index (χ0v) is 11.3. The van der Waals surface area contributed by atoms with Gasteiger partial charge in [0.1, 0.15) is 5.82 Å². The number of H-pyrrole nitrogens is 1. The van der Waals surface area contributed by atoms with Gasteiger partial charge in [0.2, 0.25) is 0 Å². The van der Waals surface area contributed by atoms with Gasteiger partial charge in [-0.1, -0.05) is 0 Å². The minimum absolute atomic E-state index is 0.315. The highest BCUT2D eigenvalue weighted by atomic mass is 19.4. The third-order valence-corrected chi connectivity index (χ3v) is 3.69. The van der Waals surface area contributed by atoms with Crippen LogP contribution >= 0.6 is 0 Å². The Morgan fingerprint density at radius 2 is 2.29 bits per heavy atom. The molecule has 5 nitrogen and oxygen atoms in total. The Balaban J connectivity index is 1.56. The first kappa shape index (κ1) is 14.1. The van der Waals surface area contributed by atoms with E-state index in [-0.39, 0.29) is 0 Å². The molecule has 114 valence electrons. The predicted molar refractivity (Wildman–Crippen MR) is 69.3 cm³/mol. The van der Waals surface area contributed by atoms with E-state index < -0.39 is 11.9 Å². The van der Waals surface area contributed by atoms with Gasteiger partial charge < -0.3 is 9.88 Å². The molecule has 8 heteroatoms. The van der Waals surface area contributed by atoms with E-state index in [1.807, 2.05) is 6.07 Å². The molecule has 1 aliphatic rings. The van der Waals surface area contributed by atoms with Crippen LogP contribution < -0.4 is 5.32 Å².